The first-order valence-corrected chi connectivity index (χ1v) is 10.3. The molecular weight excluding hydrogens is 332 g/mol. The van der Waals surface area contributed by atoms with Crippen molar-refractivity contribution in [3.05, 3.63) is 54.2 Å². The quantitative estimate of drug-likeness (QED) is 0.764. The number of nitrogens with one attached hydrogen (secondary N) is 1. The van der Waals surface area contributed by atoms with Gasteiger partial charge in [0, 0.05) is 44.0 Å². The van der Waals surface area contributed by atoms with Crippen LogP contribution < -0.4 is 10.2 Å². The molecule has 0 amide bonds. The van der Waals surface area contributed by atoms with E-state index in [1.165, 1.54) is 18.4 Å². The third-order valence-corrected chi connectivity index (χ3v) is 5.23. The van der Waals surface area contributed by atoms with Crippen LogP contribution in [0.4, 0.5) is 11.5 Å². The van der Waals surface area contributed by atoms with Crippen LogP contribution >= 0.6 is 0 Å². The highest BCUT2D eigenvalue weighted by Crippen LogP contribution is 2.31. The lowest BCUT2D eigenvalue weighted by Crippen LogP contribution is -2.48. The van der Waals surface area contributed by atoms with Crippen molar-refractivity contribution >= 4 is 11.5 Å². The molecule has 1 fully saturated rings. The molecule has 27 heavy (non-hydrogen) atoms. The molecule has 0 spiro atoms. The number of anilines is 2. The molecule has 1 aromatic heterocycles. The Bertz CT molecular complexity index is 691. The monoisotopic (exact) mass is 366 g/mol. The second-order valence-electron chi connectivity index (χ2n) is 8.17. The summed E-state index contributed by atoms with van der Waals surface area (Å²) in [7, 11) is 0. The van der Waals surface area contributed by atoms with E-state index in [1.807, 2.05) is 12.3 Å². The molecule has 1 aliphatic heterocycles. The van der Waals surface area contributed by atoms with Crippen molar-refractivity contribution in [2.24, 2.45) is 0 Å². The van der Waals surface area contributed by atoms with Crippen LogP contribution in [0.25, 0.3) is 0 Å². The van der Waals surface area contributed by atoms with Gasteiger partial charge in [-0.25, -0.2) is 4.98 Å². The molecule has 0 bridgehead atoms. The summed E-state index contributed by atoms with van der Waals surface area (Å²) >= 11 is 0. The number of hydrogen-bond acceptors (Lipinski definition) is 4. The summed E-state index contributed by atoms with van der Waals surface area (Å²) in [5.41, 5.74) is 2.55. The minimum absolute atomic E-state index is 0.398. The van der Waals surface area contributed by atoms with Crippen molar-refractivity contribution in [3.63, 3.8) is 0 Å². The van der Waals surface area contributed by atoms with E-state index < -0.39 is 0 Å². The van der Waals surface area contributed by atoms with E-state index in [-0.39, 0.29) is 0 Å². The third kappa shape index (κ3) is 5.23. The second kappa shape index (κ2) is 9.23. The summed E-state index contributed by atoms with van der Waals surface area (Å²) in [6.45, 7) is 12.3. The number of hydrogen-bond donors (Lipinski definition) is 1. The fourth-order valence-corrected chi connectivity index (χ4v) is 4.06. The minimum Gasteiger partial charge on any atom is -0.380 e. The number of rotatable bonds is 7. The SMILES string of the molecule is CC(C)Nc1cccnc1N(C(C)C)C1CCN(Cc2ccccc2)CC1. The average molecular weight is 367 g/mol. The van der Waals surface area contributed by atoms with Crippen molar-refractivity contribution in [1.29, 1.82) is 0 Å². The summed E-state index contributed by atoms with van der Waals surface area (Å²) < 4.78 is 0. The number of nitrogens with zero attached hydrogens (tertiary/aromatic N) is 3. The fourth-order valence-electron chi connectivity index (χ4n) is 4.06. The predicted octanol–water partition coefficient (Wildman–Crippen LogP) is 4.78. The smallest absolute Gasteiger partial charge is 0.152 e. The zero-order chi connectivity index (χ0) is 19.2. The molecule has 1 aromatic carbocycles. The Kier molecular flexibility index (Phi) is 6.73. The summed E-state index contributed by atoms with van der Waals surface area (Å²) in [5.74, 6) is 1.10. The molecule has 4 nitrogen and oxygen atoms in total. The van der Waals surface area contributed by atoms with Gasteiger partial charge < -0.3 is 10.2 Å². The largest absolute Gasteiger partial charge is 0.380 e. The Labute approximate surface area is 164 Å². The lowest BCUT2D eigenvalue weighted by atomic mass is 10.0. The molecule has 4 heteroatoms. The summed E-state index contributed by atoms with van der Waals surface area (Å²) in [4.78, 5) is 9.88. The standard InChI is InChI=1S/C23H34N4/c1-18(2)25-22-11-8-14-24-23(22)27(19(3)4)21-12-15-26(16-13-21)17-20-9-6-5-7-10-20/h5-11,14,18-19,21,25H,12-13,15-17H2,1-4H3. The van der Waals surface area contributed by atoms with Gasteiger partial charge in [-0.3, -0.25) is 4.90 Å². The molecular formula is C23H34N4. The van der Waals surface area contributed by atoms with Gasteiger partial charge in [-0.15, -0.1) is 0 Å². The van der Waals surface area contributed by atoms with Crippen LogP contribution in [0.1, 0.15) is 46.1 Å². The molecule has 0 unspecified atom stereocenters. The van der Waals surface area contributed by atoms with Crippen molar-refractivity contribution in [3.8, 4) is 0 Å². The number of benzene rings is 1. The van der Waals surface area contributed by atoms with E-state index >= 15 is 0 Å². The van der Waals surface area contributed by atoms with Gasteiger partial charge in [-0.1, -0.05) is 30.3 Å². The van der Waals surface area contributed by atoms with Crippen LogP contribution in [0.15, 0.2) is 48.7 Å². The van der Waals surface area contributed by atoms with E-state index in [0.717, 1.165) is 31.1 Å². The maximum atomic E-state index is 4.77. The maximum absolute atomic E-state index is 4.77. The zero-order valence-electron chi connectivity index (χ0n) is 17.2. The van der Waals surface area contributed by atoms with Gasteiger partial charge >= 0.3 is 0 Å². The van der Waals surface area contributed by atoms with Crippen molar-refractivity contribution < 1.29 is 0 Å². The highest BCUT2D eigenvalue weighted by Gasteiger charge is 2.28. The Morgan fingerprint density at radius 3 is 2.37 bits per heavy atom. The maximum Gasteiger partial charge on any atom is 0.152 e. The summed E-state index contributed by atoms with van der Waals surface area (Å²) in [5, 5.41) is 3.57. The van der Waals surface area contributed by atoms with Crippen LogP contribution in [0, 0.1) is 0 Å². The first kappa shape index (κ1) is 19.7. The minimum atomic E-state index is 0.398. The topological polar surface area (TPSA) is 31.4 Å². The van der Waals surface area contributed by atoms with Gasteiger partial charge in [-0.2, -0.15) is 0 Å². The van der Waals surface area contributed by atoms with Gasteiger partial charge in [0.05, 0.1) is 5.69 Å². The van der Waals surface area contributed by atoms with Crippen molar-refractivity contribution in [2.75, 3.05) is 23.3 Å². The third-order valence-electron chi connectivity index (χ3n) is 5.23. The molecule has 0 atom stereocenters. The molecule has 1 saturated heterocycles. The summed E-state index contributed by atoms with van der Waals surface area (Å²) in [6, 6.07) is 16.4. The number of piperidine rings is 1. The van der Waals surface area contributed by atoms with Crippen LogP contribution in [0.5, 0.6) is 0 Å². The highest BCUT2D eigenvalue weighted by atomic mass is 15.3. The highest BCUT2D eigenvalue weighted by molar-refractivity contribution is 5.66. The van der Waals surface area contributed by atoms with Crippen LogP contribution in [-0.2, 0) is 6.54 Å². The molecule has 1 N–H and O–H groups in total. The molecule has 0 saturated carbocycles. The predicted molar refractivity (Wildman–Crippen MR) is 115 cm³/mol. The molecule has 2 heterocycles. The van der Waals surface area contributed by atoms with Crippen molar-refractivity contribution in [1.82, 2.24) is 9.88 Å². The van der Waals surface area contributed by atoms with Gasteiger partial charge in [0.25, 0.3) is 0 Å². The molecule has 146 valence electrons. The van der Waals surface area contributed by atoms with E-state index in [9.17, 15) is 0 Å². The second-order valence-corrected chi connectivity index (χ2v) is 8.17. The van der Waals surface area contributed by atoms with Gasteiger partial charge in [-0.05, 0) is 58.2 Å². The fraction of sp³-hybridized carbons (Fsp3) is 0.522. The number of likely N-dealkylation sites (tertiary alicyclic amines) is 1. The van der Waals surface area contributed by atoms with Crippen LogP contribution in [-0.4, -0.2) is 41.1 Å². The molecule has 1 aliphatic rings. The van der Waals surface area contributed by atoms with E-state index in [4.69, 9.17) is 4.98 Å². The molecule has 3 rings (SSSR count). The Morgan fingerprint density at radius 2 is 1.74 bits per heavy atom. The van der Waals surface area contributed by atoms with Crippen LogP contribution in [0.2, 0.25) is 0 Å². The van der Waals surface area contributed by atoms with E-state index in [0.29, 0.717) is 18.1 Å². The normalized spacial score (nSPS) is 16.1. The average Bonchev–Trinajstić information content (AvgIpc) is 2.65. The molecule has 2 aromatic rings. The number of aromatic nitrogens is 1. The molecule has 0 aliphatic carbocycles. The zero-order valence-corrected chi connectivity index (χ0v) is 17.2. The molecule has 0 radical (unpaired) electrons. The first-order valence-electron chi connectivity index (χ1n) is 10.3. The van der Waals surface area contributed by atoms with Gasteiger partial charge in [0.2, 0.25) is 0 Å². The lowest BCUT2D eigenvalue weighted by Gasteiger charge is -2.42. The van der Waals surface area contributed by atoms with Gasteiger partial charge in [0.15, 0.2) is 5.82 Å². The van der Waals surface area contributed by atoms with Gasteiger partial charge in [0.1, 0.15) is 0 Å². The van der Waals surface area contributed by atoms with E-state index in [1.54, 1.807) is 0 Å². The lowest BCUT2D eigenvalue weighted by molar-refractivity contribution is 0.198. The number of pyridine rings is 1. The van der Waals surface area contributed by atoms with E-state index in [2.05, 4.69) is 79.2 Å². The Morgan fingerprint density at radius 1 is 1.04 bits per heavy atom. The first-order chi connectivity index (χ1) is 13.0. The van der Waals surface area contributed by atoms with Crippen molar-refractivity contribution in [2.45, 2.75) is 65.2 Å². The van der Waals surface area contributed by atoms with Crippen LogP contribution in [0.3, 0.4) is 0 Å². The summed E-state index contributed by atoms with van der Waals surface area (Å²) in [6.07, 6.45) is 4.28. The Balaban J connectivity index is 1.69. The Hall–Kier alpha value is -2.07.